The van der Waals surface area contributed by atoms with E-state index in [-0.39, 0.29) is 21.9 Å². The zero-order valence-electron chi connectivity index (χ0n) is 17.5. The number of hydrazone groups is 1. The molecule has 1 N–H and O–H groups in total. The molecule has 10 heteroatoms. The lowest BCUT2D eigenvalue weighted by Gasteiger charge is -2.06. The third-order valence-electron chi connectivity index (χ3n) is 4.80. The fraction of sp³-hybridized carbons (Fsp3) is 0. The second kappa shape index (κ2) is 9.51. The van der Waals surface area contributed by atoms with Gasteiger partial charge in [0.2, 0.25) is 0 Å². The molecule has 0 saturated heterocycles. The van der Waals surface area contributed by atoms with Gasteiger partial charge in [-0.2, -0.15) is 13.5 Å². The molecule has 0 heterocycles. The molecule has 0 aliphatic heterocycles. The first kappa shape index (κ1) is 22.6. The van der Waals surface area contributed by atoms with Crippen molar-refractivity contribution in [2.24, 2.45) is 5.10 Å². The molecule has 170 valence electrons. The standard InChI is InChI=1S/C24H17N3O6S/c28-24(20-6-3-7-21(14-20)27(29)30)33-22-11-8-17(9-12-22)16-25-26-34(31,32)23-13-10-18-4-1-2-5-19(18)15-23/h1-16,26H/b25-16-. The van der Waals surface area contributed by atoms with Crippen LogP contribution in [-0.2, 0) is 10.0 Å². The minimum atomic E-state index is -3.85. The molecule has 0 unspecified atom stereocenters. The average molecular weight is 475 g/mol. The molecular formula is C24H17N3O6S. The van der Waals surface area contributed by atoms with E-state index in [4.69, 9.17) is 4.74 Å². The van der Waals surface area contributed by atoms with Gasteiger partial charge in [-0.05, 0) is 58.8 Å². The number of ether oxygens (including phenoxy) is 1. The Bertz CT molecular complexity index is 1520. The van der Waals surface area contributed by atoms with Crippen LogP contribution in [0.25, 0.3) is 10.8 Å². The van der Waals surface area contributed by atoms with Crippen LogP contribution in [0.2, 0.25) is 0 Å². The Morgan fingerprint density at radius 1 is 0.912 bits per heavy atom. The number of hydrogen-bond acceptors (Lipinski definition) is 7. The molecular weight excluding hydrogens is 458 g/mol. The molecule has 0 fully saturated rings. The number of nitro benzene ring substituents is 1. The lowest BCUT2D eigenvalue weighted by atomic mass is 10.1. The maximum absolute atomic E-state index is 12.5. The highest BCUT2D eigenvalue weighted by atomic mass is 32.2. The maximum atomic E-state index is 12.5. The Labute approximate surface area is 194 Å². The number of esters is 1. The summed E-state index contributed by atoms with van der Waals surface area (Å²) in [6, 6.07) is 23.6. The maximum Gasteiger partial charge on any atom is 0.343 e. The molecule has 0 saturated carbocycles. The van der Waals surface area contributed by atoms with Gasteiger partial charge in [0.25, 0.3) is 15.7 Å². The lowest BCUT2D eigenvalue weighted by Crippen LogP contribution is -2.18. The first-order valence-corrected chi connectivity index (χ1v) is 11.4. The molecule has 0 radical (unpaired) electrons. The van der Waals surface area contributed by atoms with Gasteiger partial charge in [0.05, 0.1) is 21.6 Å². The third kappa shape index (κ3) is 5.25. The summed E-state index contributed by atoms with van der Waals surface area (Å²) in [6.07, 6.45) is 1.31. The molecule has 4 aromatic carbocycles. The minimum Gasteiger partial charge on any atom is -0.423 e. The summed E-state index contributed by atoms with van der Waals surface area (Å²) in [5.41, 5.74) is 0.381. The molecule has 0 bridgehead atoms. The van der Waals surface area contributed by atoms with E-state index in [9.17, 15) is 23.3 Å². The number of fused-ring (bicyclic) bond motifs is 1. The molecule has 4 aromatic rings. The number of nitro groups is 1. The molecule has 0 aliphatic carbocycles. The number of nitrogens with zero attached hydrogens (tertiary/aromatic N) is 2. The van der Waals surface area contributed by atoms with Gasteiger partial charge in [0.15, 0.2) is 0 Å². The van der Waals surface area contributed by atoms with Crippen LogP contribution in [0, 0.1) is 10.1 Å². The van der Waals surface area contributed by atoms with Gasteiger partial charge in [-0.25, -0.2) is 9.63 Å². The van der Waals surface area contributed by atoms with Gasteiger partial charge in [-0.15, -0.1) is 0 Å². The van der Waals surface area contributed by atoms with E-state index in [1.165, 1.54) is 42.6 Å². The molecule has 0 spiro atoms. The first-order valence-electron chi connectivity index (χ1n) is 9.92. The van der Waals surface area contributed by atoms with Crippen molar-refractivity contribution < 1.29 is 22.9 Å². The summed E-state index contributed by atoms with van der Waals surface area (Å²) < 4.78 is 30.3. The number of benzene rings is 4. The summed E-state index contributed by atoms with van der Waals surface area (Å²) >= 11 is 0. The summed E-state index contributed by atoms with van der Waals surface area (Å²) in [5.74, 6) is -0.529. The SMILES string of the molecule is O=C(Oc1ccc(/C=N\NS(=O)(=O)c2ccc3ccccc3c2)cc1)c1cccc([N+](=O)[O-])c1. The quantitative estimate of drug-likeness (QED) is 0.140. The van der Waals surface area contributed by atoms with Crippen molar-refractivity contribution in [3.05, 3.63) is 112 Å². The van der Waals surface area contributed by atoms with Crippen molar-refractivity contribution in [2.75, 3.05) is 0 Å². The van der Waals surface area contributed by atoms with E-state index in [0.29, 0.717) is 5.56 Å². The smallest absolute Gasteiger partial charge is 0.343 e. The minimum absolute atomic E-state index is 0.0444. The van der Waals surface area contributed by atoms with E-state index in [0.717, 1.165) is 16.8 Å². The van der Waals surface area contributed by atoms with Gasteiger partial charge in [0, 0.05) is 12.1 Å². The molecule has 9 nitrogen and oxygen atoms in total. The van der Waals surface area contributed by atoms with Crippen molar-refractivity contribution in [1.82, 2.24) is 4.83 Å². The fourth-order valence-electron chi connectivity index (χ4n) is 3.09. The highest BCUT2D eigenvalue weighted by molar-refractivity contribution is 7.89. The number of carbonyl (C=O) groups excluding carboxylic acids is 1. The molecule has 0 amide bonds. The van der Waals surface area contributed by atoms with Crippen LogP contribution in [0.3, 0.4) is 0 Å². The first-order chi connectivity index (χ1) is 16.3. The zero-order chi connectivity index (χ0) is 24.1. The van der Waals surface area contributed by atoms with Gasteiger partial charge in [-0.3, -0.25) is 10.1 Å². The van der Waals surface area contributed by atoms with Crippen LogP contribution in [0.4, 0.5) is 5.69 Å². The van der Waals surface area contributed by atoms with E-state index in [2.05, 4.69) is 9.93 Å². The number of rotatable bonds is 7. The predicted molar refractivity (Wildman–Crippen MR) is 126 cm³/mol. The van der Waals surface area contributed by atoms with Crippen LogP contribution in [0.5, 0.6) is 5.75 Å². The van der Waals surface area contributed by atoms with Crippen molar-refractivity contribution in [2.45, 2.75) is 4.90 Å². The Hall–Kier alpha value is -4.57. The summed E-state index contributed by atoms with van der Waals surface area (Å²) in [6.45, 7) is 0. The van der Waals surface area contributed by atoms with Crippen LogP contribution >= 0.6 is 0 Å². The Morgan fingerprint density at radius 2 is 1.65 bits per heavy atom. The summed E-state index contributed by atoms with van der Waals surface area (Å²) in [7, 11) is -3.85. The summed E-state index contributed by atoms with van der Waals surface area (Å²) in [4.78, 5) is 24.7. The zero-order valence-corrected chi connectivity index (χ0v) is 18.3. The topological polar surface area (TPSA) is 128 Å². The molecule has 4 rings (SSSR count). The molecule has 0 atom stereocenters. The third-order valence-corrected chi connectivity index (χ3v) is 6.02. The van der Waals surface area contributed by atoms with Crippen LogP contribution in [0.15, 0.2) is 101 Å². The molecule has 34 heavy (non-hydrogen) atoms. The fourth-order valence-corrected chi connectivity index (χ4v) is 3.92. The Morgan fingerprint density at radius 3 is 2.38 bits per heavy atom. The number of non-ortho nitro benzene ring substituents is 1. The van der Waals surface area contributed by atoms with Crippen molar-refractivity contribution >= 4 is 38.7 Å². The van der Waals surface area contributed by atoms with Crippen LogP contribution in [-0.4, -0.2) is 25.5 Å². The Balaban J connectivity index is 1.40. The highest BCUT2D eigenvalue weighted by Crippen LogP contribution is 2.19. The number of carbonyl (C=O) groups is 1. The van der Waals surface area contributed by atoms with E-state index < -0.39 is 20.9 Å². The monoisotopic (exact) mass is 475 g/mol. The van der Waals surface area contributed by atoms with Gasteiger partial charge >= 0.3 is 5.97 Å². The van der Waals surface area contributed by atoms with Gasteiger partial charge < -0.3 is 4.74 Å². The average Bonchev–Trinajstić information content (AvgIpc) is 2.84. The van der Waals surface area contributed by atoms with Gasteiger partial charge in [0.1, 0.15) is 5.75 Å². The summed E-state index contributed by atoms with van der Waals surface area (Å²) in [5, 5.41) is 16.4. The van der Waals surface area contributed by atoms with Crippen LogP contribution in [0.1, 0.15) is 15.9 Å². The van der Waals surface area contributed by atoms with Crippen molar-refractivity contribution in [3.63, 3.8) is 0 Å². The van der Waals surface area contributed by atoms with E-state index in [1.54, 1.807) is 24.3 Å². The van der Waals surface area contributed by atoms with Crippen molar-refractivity contribution in [1.29, 1.82) is 0 Å². The lowest BCUT2D eigenvalue weighted by molar-refractivity contribution is -0.384. The Kier molecular flexibility index (Phi) is 6.33. The largest absolute Gasteiger partial charge is 0.423 e. The second-order valence-electron chi connectivity index (χ2n) is 7.13. The van der Waals surface area contributed by atoms with E-state index >= 15 is 0 Å². The van der Waals surface area contributed by atoms with Gasteiger partial charge in [-0.1, -0.05) is 36.4 Å². The van der Waals surface area contributed by atoms with Crippen LogP contribution < -0.4 is 9.57 Å². The number of nitrogens with one attached hydrogen (secondary N) is 1. The number of hydrogen-bond donors (Lipinski definition) is 1. The normalized spacial score (nSPS) is 11.4. The second-order valence-corrected chi connectivity index (χ2v) is 8.79. The number of sulfonamides is 1. The predicted octanol–water partition coefficient (Wildman–Crippen LogP) is 4.28. The van der Waals surface area contributed by atoms with E-state index in [1.807, 2.05) is 24.3 Å². The van der Waals surface area contributed by atoms with Crippen molar-refractivity contribution in [3.8, 4) is 5.75 Å². The molecule has 0 aliphatic rings. The molecule has 0 aromatic heterocycles. The highest BCUT2D eigenvalue weighted by Gasteiger charge is 2.14.